The molecule has 0 aliphatic heterocycles. The van der Waals surface area contributed by atoms with Gasteiger partial charge in [-0.05, 0) is 44.9 Å². The van der Waals surface area contributed by atoms with E-state index in [0.29, 0.717) is 19.3 Å². The van der Waals surface area contributed by atoms with Crippen LogP contribution in [0.5, 0.6) is 0 Å². The number of aliphatic hydroxyl groups is 2. The first kappa shape index (κ1) is 60.1. The van der Waals surface area contributed by atoms with Crippen molar-refractivity contribution in [2.75, 3.05) is 6.61 Å². The first-order chi connectivity index (χ1) is 30.5. The molecule has 0 rings (SSSR count). The Morgan fingerprint density at radius 2 is 0.871 bits per heavy atom. The van der Waals surface area contributed by atoms with Gasteiger partial charge in [0.2, 0.25) is 5.91 Å². The first-order valence-corrected chi connectivity index (χ1v) is 27.2. The molecule has 0 radical (unpaired) electrons. The van der Waals surface area contributed by atoms with Crippen LogP contribution in [0.15, 0.2) is 36.5 Å². The van der Waals surface area contributed by atoms with E-state index in [9.17, 15) is 19.8 Å². The molecule has 364 valence electrons. The summed E-state index contributed by atoms with van der Waals surface area (Å²) in [5, 5.41) is 23.8. The lowest BCUT2D eigenvalue weighted by Crippen LogP contribution is -2.46. The Hall–Kier alpha value is -1.92. The van der Waals surface area contributed by atoms with Gasteiger partial charge in [-0.3, -0.25) is 9.59 Å². The fraction of sp³-hybridized carbons (Fsp3) is 0.857. The van der Waals surface area contributed by atoms with Crippen LogP contribution in [0.2, 0.25) is 0 Å². The van der Waals surface area contributed by atoms with E-state index in [1.807, 2.05) is 0 Å². The molecule has 3 N–H and O–H groups in total. The van der Waals surface area contributed by atoms with Crippen LogP contribution >= 0.6 is 0 Å². The van der Waals surface area contributed by atoms with Crippen LogP contribution in [0.3, 0.4) is 0 Å². The molecule has 6 heteroatoms. The number of nitrogens with one attached hydrogen (secondary N) is 1. The molecular weight excluding hydrogens is 767 g/mol. The molecule has 3 atom stereocenters. The minimum absolute atomic E-state index is 0.0680. The van der Waals surface area contributed by atoms with Gasteiger partial charge in [0.05, 0.1) is 25.2 Å². The largest absolute Gasteiger partial charge is 0.462 e. The van der Waals surface area contributed by atoms with Crippen LogP contribution in [0, 0.1) is 0 Å². The van der Waals surface area contributed by atoms with Gasteiger partial charge in [-0.25, -0.2) is 0 Å². The minimum atomic E-state index is -0.791. The number of hydrogen-bond acceptors (Lipinski definition) is 5. The second-order valence-corrected chi connectivity index (χ2v) is 18.7. The summed E-state index contributed by atoms with van der Waals surface area (Å²) >= 11 is 0. The van der Waals surface area contributed by atoms with Crippen molar-refractivity contribution < 1.29 is 24.5 Å². The molecule has 0 bridgehead atoms. The Morgan fingerprint density at radius 3 is 1.31 bits per heavy atom. The monoisotopic (exact) mass is 872 g/mol. The standard InChI is InChI=1S/C56H105NO5/c1-4-7-10-13-16-19-22-25-27-28-31-34-37-40-43-46-49-56(61)62-52(47-44-41-38-35-32-29-24-21-18-15-12-9-6-3)50-55(60)57-53(51-58)54(59)48-45-42-39-36-33-30-26-23-20-17-14-11-8-5-2/h9,12,15,18,21,24,52-54,58-59H,4-8,10-11,13-14,16-17,19-20,22-23,25-51H2,1-3H3,(H,57,60)/b12-9+,18-15+,24-21+. The van der Waals surface area contributed by atoms with Gasteiger partial charge >= 0.3 is 5.97 Å². The molecule has 0 aliphatic carbocycles. The lowest BCUT2D eigenvalue weighted by Gasteiger charge is -2.24. The van der Waals surface area contributed by atoms with Gasteiger partial charge in [0.15, 0.2) is 0 Å². The molecule has 0 aromatic carbocycles. The predicted molar refractivity (Wildman–Crippen MR) is 269 cm³/mol. The Kier molecular flexibility index (Phi) is 48.5. The average molecular weight is 872 g/mol. The van der Waals surface area contributed by atoms with Crippen LogP contribution in [0.25, 0.3) is 0 Å². The van der Waals surface area contributed by atoms with Gasteiger partial charge in [-0.2, -0.15) is 0 Å². The summed E-state index contributed by atoms with van der Waals surface area (Å²) in [4.78, 5) is 26.2. The van der Waals surface area contributed by atoms with E-state index in [2.05, 4.69) is 62.5 Å². The molecule has 6 nitrogen and oxygen atoms in total. The number of hydrogen-bond donors (Lipinski definition) is 3. The van der Waals surface area contributed by atoms with Crippen molar-refractivity contribution in [2.45, 2.75) is 302 Å². The summed E-state index contributed by atoms with van der Waals surface area (Å²) in [5.74, 6) is -0.481. The normalized spacial score (nSPS) is 13.4. The number of allylic oxidation sites excluding steroid dienone is 6. The highest BCUT2D eigenvalue weighted by atomic mass is 16.5. The summed E-state index contributed by atoms with van der Waals surface area (Å²) in [6.45, 7) is 6.37. The van der Waals surface area contributed by atoms with Gasteiger partial charge in [0.1, 0.15) is 6.10 Å². The Bertz CT molecular complexity index is 1020. The fourth-order valence-corrected chi connectivity index (χ4v) is 8.43. The molecule has 0 fully saturated rings. The Balaban J connectivity index is 4.53. The molecule has 1 amide bonds. The maximum Gasteiger partial charge on any atom is 0.306 e. The van der Waals surface area contributed by atoms with Gasteiger partial charge in [0.25, 0.3) is 0 Å². The Labute approximate surface area is 385 Å². The zero-order chi connectivity index (χ0) is 45.2. The third-order valence-corrected chi connectivity index (χ3v) is 12.5. The van der Waals surface area contributed by atoms with E-state index in [1.54, 1.807) is 0 Å². The van der Waals surface area contributed by atoms with Gasteiger partial charge < -0.3 is 20.3 Å². The third-order valence-electron chi connectivity index (χ3n) is 12.5. The van der Waals surface area contributed by atoms with Crippen molar-refractivity contribution in [3.8, 4) is 0 Å². The maximum absolute atomic E-state index is 13.2. The van der Waals surface area contributed by atoms with Crippen molar-refractivity contribution in [3.63, 3.8) is 0 Å². The topological polar surface area (TPSA) is 95.9 Å². The van der Waals surface area contributed by atoms with Crippen LogP contribution in [0.4, 0.5) is 0 Å². The smallest absolute Gasteiger partial charge is 0.306 e. The van der Waals surface area contributed by atoms with E-state index >= 15 is 0 Å². The quantitative estimate of drug-likeness (QED) is 0.0321. The van der Waals surface area contributed by atoms with Gasteiger partial charge in [-0.15, -0.1) is 0 Å². The summed E-state index contributed by atoms with van der Waals surface area (Å²) in [7, 11) is 0. The fourth-order valence-electron chi connectivity index (χ4n) is 8.43. The number of rotatable bonds is 49. The number of aliphatic hydroxyl groups excluding tert-OH is 2. The molecule has 0 aliphatic rings. The molecular formula is C56H105NO5. The van der Waals surface area contributed by atoms with Crippen LogP contribution in [-0.2, 0) is 14.3 Å². The predicted octanol–water partition coefficient (Wildman–Crippen LogP) is 16.5. The summed E-state index contributed by atoms with van der Waals surface area (Å²) in [6.07, 6.45) is 59.2. The zero-order valence-corrected chi connectivity index (χ0v) is 41.5. The third kappa shape index (κ3) is 44.7. The highest BCUT2D eigenvalue weighted by Crippen LogP contribution is 2.18. The highest BCUT2D eigenvalue weighted by molar-refractivity contribution is 5.77. The van der Waals surface area contributed by atoms with E-state index in [0.717, 1.165) is 83.5 Å². The number of amides is 1. The molecule has 0 saturated heterocycles. The SMILES string of the molecule is CC/C=C/C=C/C=C/CCCCCCCC(CC(=O)NC(CO)C(O)CCCCCCCCCCCCCCCC)OC(=O)CCCCCCCCCCCCCCCCCC. The van der Waals surface area contributed by atoms with Crippen molar-refractivity contribution in [1.29, 1.82) is 0 Å². The van der Waals surface area contributed by atoms with E-state index in [4.69, 9.17) is 4.74 Å². The number of esters is 1. The number of carbonyl (C=O) groups excluding carboxylic acids is 2. The van der Waals surface area contributed by atoms with Crippen LogP contribution < -0.4 is 5.32 Å². The second kappa shape index (κ2) is 50.1. The lowest BCUT2D eigenvalue weighted by atomic mass is 10.0. The maximum atomic E-state index is 13.2. The number of unbranched alkanes of at least 4 members (excludes halogenated alkanes) is 33. The van der Waals surface area contributed by atoms with E-state index < -0.39 is 18.2 Å². The van der Waals surface area contributed by atoms with Crippen LogP contribution in [-0.4, -0.2) is 46.9 Å². The summed E-state index contributed by atoms with van der Waals surface area (Å²) in [6, 6.07) is -0.705. The second-order valence-electron chi connectivity index (χ2n) is 18.7. The highest BCUT2D eigenvalue weighted by Gasteiger charge is 2.24. The van der Waals surface area contributed by atoms with Gasteiger partial charge in [0, 0.05) is 6.42 Å². The lowest BCUT2D eigenvalue weighted by molar-refractivity contribution is -0.151. The molecule has 0 aromatic heterocycles. The summed E-state index contributed by atoms with van der Waals surface area (Å²) < 4.78 is 5.94. The molecule has 0 spiro atoms. The minimum Gasteiger partial charge on any atom is -0.462 e. The van der Waals surface area contributed by atoms with Crippen molar-refractivity contribution in [2.24, 2.45) is 0 Å². The average Bonchev–Trinajstić information content (AvgIpc) is 3.26. The van der Waals surface area contributed by atoms with Crippen molar-refractivity contribution in [3.05, 3.63) is 36.5 Å². The summed E-state index contributed by atoms with van der Waals surface area (Å²) in [5.41, 5.74) is 0. The molecule has 62 heavy (non-hydrogen) atoms. The molecule has 3 unspecified atom stereocenters. The molecule has 0 aromatic rings. The Morgan fingerprint density at radius 1 is 0.484 bits per heavy atom. The van der Waals surface area contributed by atoms with E-state index in [1.165, 1.54) is 154 Å². The first-order valence-electron chi connectivity index (χ1n) is 27.2. The van der Waals surface area contributed by atoms with Crippen molar-refractivity contribution in [1.82, 2.24) is 5.32 Å². The van der Waals surface area contributed by atoms with Gasteiger partial charge in [-0.1, -0.05) is 263 Å². The van der Waals surface area contributed by atoms with Crippen molar-refractivity contribution >= 4 is 11.9 Å². The zero-order valence-electron chi connectivity index (χ0n) is 41.5. The number of carbonyl (C=O) groups is 2. The van der Waals surface area contributed by atoms with E-state index in [-0.39, 0.29) is 24.9 Å². The molecule has 0 saturated carbocycles. The number of ether oxygens (including phenoxy) is 1. The van der Waals surface area contributed by atoms with Crippen LogP contribution in [0.1, 0.15) is 284 Å². The molecule has 0 heterocycles.